The molecule has 0 heterocycles. The largest absolute Gasteiger partial charge is 0.352 e. The second-order valence-corrected chi connectivity index (χ2v) is 13.0. The zero-order valence-corrected chi connectivity index (χ0v) is 25.8. The number of carbonyl (C=O) groups excluding carboxylic acids is 2. The highest BCUT2D eigenvalue weighted by Crippen LogP contribution is 2.30. The summed E-state index contributed by atoms with van der Waals surface area (Å²) in [4.78, 5) is 28.4. The fraction of sp³-hybridized carbons (Fsp3) is 0.310. The molecule has 0 fully saturated rings. The molecule has 0 saturated heterocycles. The van der Waals surface area contributed by atoms with Gasteiger partial charge in [-0.25, -0.2) is 8.42 Å². The Morgan fingerprint density at radius 2 is 1.64 bits per heavy atom. The number of rotatable bonds is 10. The van der Waals surface area contributed by atoms with Crippen molar-refractivity contribution < 1.29 is 18.0 Å². The molecule has 10 heteroatoms. The summed E-state index contributed by atoms with van der Waals surface area (Å²) in [7, 11) is -4.16. The highest BCUT2D eigenvalue weighted by molar-refractivity contribution is 9.10. The van der Waals surface area contributed by atoms with E-state index in [0.717, 1.165) is 19.9 Å². The molecule has 0 spiro atoms. The van der Waals surface area contributed by atoms with Crippen LogP contribution >= 0.6 is 27.5 Å². The van der Waals surface area contributed by atoms with Gasteiger partial charge >= 0.3 is 0 Å². The molecule has 1 N–H and O–H groups in total. The maximum atomic E-state index is 14.0. The van der Waals surface area contributed by atoms with Gasteiger partial charge < -0.3 is 10.2 Å². The first-order valence-electron chi connectivity index (χ1n) is 12.5. The fourth-order valence-corrected chi connectivity index (χ4v) is 6.11. The van der Waals surface area contributed by atoms with Gasteiger partial charge in [-0.3, -0.25) is 13.9 Å². The van der Waals surface area contributed by atoms with E-state index in [9.17, 15) is 18.0 Å². The Morgan fingerprint density at radius 3 is 2.26 bits per heavy atom. The number of aryl methyl sites for hydroxylation is 2. The Kier molecular flexibility index (Phi) is 10.2. The topological polar surface area (TPSA) is 86.8 Å². The molecule has 3 rings (SSSR count). The van der Waals surface area contributed by atoms with Gasteiger partial charge in [-0.2, -0.15) is 0 Å². The minimum atomic E-state index is -4.16. The smallest absolute Gasteiger partial charge is 0.264 e. The van der Waals surface area contributed by atoms with E-state index in [1.165, 1.54) is 23.1 Å². The average molecular weight is 635 g/mol. The predicted molar refractivity (Wildman–Crippen MR) is 159 cm³/mol. The van der Waals surface area contributed by atoms with E-state index in [-0.39, 0.29) is 29.1 Å². The van der Waals surface area contributed by atoms with Crippen molar-refractivity contribution in [2.75, 3.05) is 10.8 Å². The molecule has 0 aliphatic carbocycles. The zero-order valence-electron chi connectivity index (χ0n) is 22.6. The first-order valence-corrected chi connectivity index (χ1v) is 15.1. The summed E-state index contributed by atoms with van der Waals surface area (Å²) in [6.07, 6.45) is 0. The van der Waals surface area contributed by atoms with E-state index in [2.05, 4.69) is 21.2 Å². The first-order chi connectivity index (χ1) is 18.3. The van der Waals surface area contributed by atoms with E-state index >= 15 is 0 Å². The zero-order chi connectivity index (χ0) is 28.9. The third-order valence-electron chi connectivity index (χ3n) is 6.17. The third-order valence-corrected chi connectivity index (χ3v) is 8.67. The number of nitrogens with zero attached hydrogens (tertiary/aromatic N) is 2. The van der Waals surface area contributed by atoms with E-state index in [4.69, 9.17) is 11.6 Å². The third kappa shape index (κ3) is 7.84. The summed E-state index contributed by atoms with van der Waals surface area (Å²) in [6.45, 7) is 8.51. The number of hydrogen-bond acceptors (Lipinski definition) is 4. The van der Waals surface area contributed by atoms with Gasteiger partial charge in [0.2, 0.25) is 11.8 Å². The maximum absolute atomic E-state index is 14.0. The van der Waals surface area contributed by atoms with Crippen LogP contribution in [0.3, 0.4) is 0 Å². The lowest BCUT2D eigenvalue weighted by Gasteiger charge is -2.32. The summed E-state index contributed by atoms with van der Waals surface area (Å²) < 4.78 is 29.8. The number of anilines is 1. The molecule has 0 aliphatic rings. The molecule has 3 aromatic carbocycles. The van der Waals surface area contributed by atoms with Crippen LogP contribution in [0.15, 0.2) is 76.1 Å². The van der Waals surface area contributed by atoms with Crippen LogP contribution in [0.2, 0.25) is 5.02 Å². The second kappa shape index (κ2) is 13.0. The van der Waals surface area contributed by atoms with Crippen molar-refractivity contribution in [3.63, 3.8) is 0 Å². The van der Waals surface area contributed by atoms with Gasteiger partial charge in [-0.05, 0) is 82.1 Å². The van der Waals surface area contributed by atoms with Crippen LogP contribution < -0.4 is 9.62 Å². The standard InChI is InChI=1S/C29H33BrClN3O4S/c1-19(2)32-29(36)22(5)33(17-23-7-6-8-24(30)15-23)28(35)18-34(27-16-25(31)12-11-21(27)4)39(37,38)26-13-9-20(3)10-14-26/h6-16,19,22H,17-18H2,1-5H3,(H,32,36). The van der Waals surface area contributed by atoms with Gasteiger partial charge in [0, 0.05) is 22.1 Å². The van der Waals surface area contributed by atoms with Crippen LogP contribution in [-0.4, -0.2) is 43.8 Å². The maximum Gasteiger partial charge on any atom is 0.264 e. The quantitative estimate of drug-likeness (QED) is 0.303. The number of benzene rings is 3. The van der Waals surface area contributed by atoms with Crippen molar-refractivity contribution >= 4 is 55.1 Å². The van der Waals surface area contributed by atoms with Gasteiger partial charge in [0.1, 0.15) is 12.6 Å². The number of hydrogen-bond donors (Lipinski definition) is 1. The van der Waals surface area contributed by atoms with Gasteiger partial charge in [0.25, 0.3) is 10.0 Å². The fourth-order valence-electron chi connectivity index (χ4n) is 4.02. The molecule has 0 bridgehead atoms. The Bertz CT molecular complexity index is 1450. The molecule has 39 heavy (non-hydrogen) atoms. The molecule has 0 aromatic heterocycles. The minimum absolute atomic E-state index is 0.0458. The molecular formula is C29H33BrClN3O4S. The van der Waals surface area contributed by atoms with Crippen LogP contribution in [0.4, 0.5) is 5.69 Å². The molecule has 7 nitrogen and oxygen atoms in total. The molecule has 2 amide bonds. The van der Waals surface area contributed by atoms with Crippen molar-refractivity contribution in [2.24, 2.45) is 0 Å². The van der Waals surface area contributed by atoms with E-state index in [1.807, 2.05) is 45.0 Å². The van der Waals surface area contributed by atoms with E-state index < -0.39 is 28.5 Å². The second-order valence-electron chi connectivity index (χ2n) is 9.75. The number of amides is 2. The molecule has 0 saturated carbocycles. The van der Waals surface area contributed by atoms with Crippen LogP contribution in [0.5, 0.6) is 0 Å². The van der Waals surface area contributed by atoms with E-state index in [1.54, 1.807) is 38.1 Å². The summed E-state index contributed by atoms with van der Waals surface area (Å²) in [5.41, 5.74) is 2.61. The number of nitrogens with one attached hydrogen (secondary N) is 1. The number of carbonyl (C=O) groups is 2. The van der Waals surface area contributed by atoms with Crippen molar-refractivity contribution in [1.29, 1.82) is 0 Å². The minimum Gasteiger partial charge on any atom is -0.352 e. The summed E-state index contributed by atoms with van der Waals surface area (Å²) in [5.74, 6) is -0.864. The predicted octanol–water partition coefficient (Wildman–Crippen LogP) is 5.86. The molecule has 3 aromatic rings. The Labute approximate surface area is 244 Å². The normalized spacial score (nSPS) is 12.2. The summed E-state index contributed by atoms with van der Waals surface area (Å²) in [5, 5.41) is 3.18. The van der Waals surface area contributed by atoms with Gasteiger partial charge in [0.05, 0.1) is 10.6 Å². The number of halogens is 2. The van der Waals surface area contributed by atoms with Gasteiger partial charge in [-0.1, -0.05) is 63.4 Å². The SMILES string of the molecule is Cc1ccc(S(=O)(=O)N(CC(=O)N(Cc2cccc(Br)c2)C(C)C(=O)NC(C)C)c2cc(Cl)ccc2C)cc1. The monoisotopic (exact) mass is 633 g/mol. The summed E-state index contributed by atoms with van der Waals surface area (Å²) >= 11 is 9.71. The lowest BCUT2D eigenvalue weighted by molar-refractivity contribution is -0.139. The molecular weight excluding hydrogens is 602 g/mol. The van der Waals surface area contributed by atoms with Crippen molar-refractivity contribution in [2.45, 2.75) is 58.1 Å². The Hall–Kier alpha value is -2.88. The van der Waals surface area contributed by atoms with Crippen LogP contribution in [0.1, 0.15) is 37.5 Å². The summed E-state index contributed by atoms with van der Waals surface area (Å²) in [6, 6.07) is 17.8. The molecule has 1 atom stereocenters. The number of sulfonamides is 1. The first kappa shape index (κ1) is 30.7. The lowest BCUT2D eigenvalue weighted by atomic mass is 10.1. The molecule has 0 radical (unpaired) electrons. The van der Waals surface area contributed by atoms with Gasteiger partial charge in [0.15, 0.2) is 0 Å². The molecule has 208 valence electrons. The molecule has 0 aliphatic heterocycles. The average Bonchev–Trinajstić information content (AvgIpc) is 2.86. The highest BCUT2D eigenvalue weighted by atomic mass is 79.9. The lowest BCUT2D eigenvalue weighted by Crippen LogP contribution is -2.52. The molecule has 1 unspecified atom stereocenters. The van der Waals surface area contributed by atoms with Crippen LogP contribution in [0.25, 0.3) is 0 Å². The van der Waals surface area contributed by atoms with Crippen molar-refractivity contribution in [1.82, 2.24) is 10.2 Å². The Morgan fingerprint density at radius 1 is 0.974 bits per heavy atom. The highest BCUT2D eigenvalue weighted by Gasteiger charge is 2.33. The van der Waals surface area contributed by atoms with Crippen molar-refractivity contribution in [3.8, 4) is 0 Å². The van der Waals surface area contributed by atoms with E-state index in [0.29, 0.717) is 10.6 Å². The van der Waals surface area contributed by atoms with Gasteiger partial charge in [-0.15, -0.1) is 0 Å². The van der Waals surface area contributed by atoms with Crippen LogP contribution in [0, 0.1) is 13.8 Å². The van der Waals surface area contributed by atoms with Crippen molar-refractivity contribution in [3.05, 3.63) is 92.9 Å². The Balaban J connectivity index is 2.08. The van der Waals surface area contributed by atoms with Crippen LogP contribution in [-0.2, 0) is 26.2 Å².